The van der Waals surface area contributed by atoms with E-state index in [2.05, 4.69) is 25.6 Å². The first kappa shape index (κ1) is 17.1. The zero-order valence-electron chi connectivity index (χ0n) is 13.7. The molecule has 0 saturated heterocycles. The first-order valence-corrected chi connectivity index (χ1v) is 7.82. The molecule has 26 heavy (non-hydrogen) atoms. The van der Waals surface area contributed by atoms with Crippen molar-refractivity contribution in [3.63, 3.8) is 0 Å². The van der Waals surface area contributed by atoms with E-state index in [-0.39, 0.29) is 11.4 Å². The van der Waals surface area contributed by atoms with Crippen LogP contribution in [0.4, 0.5) is 17.5 Å². The van der Waals surface area contributed by atoms with Crippen molar-refractivity contribution < 1.29 is 10.0 Å². The molecule has 0 unspecified atom stereocenters. The van der Waals surface area contributed by atoms with Gasteiger partial charge in [0.1, 0.15) is 17.8 Å². The minimum Gasteiger partial charge on any atom is -0.508 e. The highest BCUT2D eigenvalue weighted by atomic mass is 16.6. The van der Waals surface area contributed by atoms with E-state index in [1.165, 1.54) is 12.3 Å². The predicted molar refractivity (Wildman–Crippen MR) is 97.0 cm³/mol. The van der Waals surface area contributed by atoms with E-state index in [1.54, 1.807) is 42.6 Å². The topological polar surface area (TPSA) is 126 Å². The Labute approximate surface area is 148 Å². The molecule has 0 spiro atoms. The van der Waals surface area contributed by atoms with E-state index in [9.17, 15) is 15.2 Å². The van der Waals surface area contributed by atoms with Gasteiger partial charge in [-0.15, -0.1) is 0 Å². The number of nitro groups is 1. The van der Waals surface area contributed by atoms with E-state index in [4.69, 9.17) is 0 Å². The molecule has 9 nitrogen and oxygen atoms in total. The van der Waals surface area contributed by atoms with Gasteiger partial charge in [-0.1, -0.05) is 0 Å². The van der Waals surface area contributed by atoms with Crippen LogP contribution >= 0.6 is 0 Å². The standard InChI is InChI=1S/C17H16N6O3/c24-14-4-1-12(2-5-14)15-7-8-19-17(22-15)20-10-9-18-16-6-3-13(11-21-16)23(25)26/h1-8,11,24H,9-10H2,(H,18,21)(H,19,20,22). The molecule has 9 heteroatoms. The highest BCUT2D eigenvalue weighted by molar-refractivity contribution is 5.60. The number of aromatic nitrogens is 3. The maximum atomic E-state index is 10.6. The number of benzene rings is 1. The summed E-state index contributed by atoms with van der Waals surface area (Å²) in [6.07, 6.45) is 2.86. The van der Waals surface area contributed by atoms with E-state index in [0.29, 0.717) is 24.9 Å². The number of aromatic hydroxyl groups is 1. The Morgan fingerprint density at radius 1 is 1.00 bits per heavy atom. The van der Waals surface area contributed by atoms with Gasteiger partial charge in [0.25, 0.3) is 5.69 Å². The Hall–Kier alpha value is -3.75. The maximum absolute atomic E-state index is 10.6. The number of anilines is 2. The second-order valence-electron chi connectivity index (χ2n) is 5.32. The van der Waals surface area contributed by atoms with Crippen LogP contribution in [0.25, 0.3) is 11.3 Å². The molecule has 0 aliphatic carbocycles. The summed E-state index contributed by atoms with van der Waals surface area (Å²) in [4.78, 5) is 22.7. The van der Waals surface area contributed by atoms with Gasteiger partial charge in [0.2, 0.25) is 5.95 Å². The van der Waals surface area contributed by atoms with E-state index < -0.39 is 4.92 Å². The van der Waals surface area contributed by atoms with Gasteiger partial charge in [0.05, 0.1) is 10.6 Å². The van der Waals surface area contributed by atoms with Crippen molar-refractivity contribution in [2.75, 3.05) is 23.7 Å². The summed E-state index contributed by atoms with van der Waals surface area (Å²) in [5, 5.41) is 26.1. The number of nitrogens with one attached hydrogen (secondary N) is 2. The van der Waals surface area contributed by atoms with Gasteiger partial charge in [-0.25, -0.2) is 15.0 Å². The fraction of sp³-hybridized carbons (Fsp3) is 0.118. The summed E-state index contributed by atoms with van der Waals surface area (Å²) in [5.74, 6) is 1.23. The van der Waals surface area contributed by atoms with Crippen LogP contribution in [-0.4, -0.2) is 38.1 Å². The molecule has 0 aliphatic rings. The molecule has 132 valence electrons. The van der Waals surface area contributed by atoms with Crippen molar-refractivity contribution in [2.45, 2.75) is 0 Å². The predicted octanol–water partition coefficient (Wildman–Crippen LogP) is 2.68. The fourth-order valence-electron chi connectivity index (χ4n) is 2.20. The average Bonchev–Trinajstić information content (AvgIpc) is 2.66. The fourth-order valence-corrected chi connectivity index (χ4v) is 2.20. The second-order valence-corrected chi connectivity index (χ2v) is 5.32. The lowest BCUT2D eigenvalue weighted by Gasteiger charge is -2.08. The maximum Gasteiger partial charge on any atom is 0.287 e. The number of phenolic OH excluding ortho intramolecular Hbond substituents is 1. The Morgan fingerprint density at radius 2 is 1.77 bits per heavy atom. The van der Waals surface area contributed by atoms with Crippen LogP contribution in [0.15, 0.2) is 54.9 Å². The lowest BCUT2D eigenvalue weighted by Crippen LogP contribution is -2.15. The molecule has 3 N–H and O–H groups in total. The molecule has 0 aliphatic heterocycles. The van der Waals surface area contributed by atoms with Crippen LogP contribution < -0.4 is 10.6 Å². The van der Waals surface area contributed by atoms with Crippen molar-refractivity contribution in [3.05, 3.63) is 65.0 Å². The smallest absolute Gasteiger partial charge is 0.287 e. The molecule has 1 aromatic carbocycles. The number of rotatable bonds is 7. The molecule has 0 saturated carbocycles. The van der Waals surface area contributed by atoms with Gasteiger partial charge < -0.3 is 15.7 Å². The van der Waals surface area contributed by atoms with Gasteiger partial charge in [-0.2, -0.15) is 0 Å². The van der Waals surface area contributed by atoms with Crippen LogP contribution in [0.1, 0.15) is 0 Å². The molecule has 0 fully saturated rings. The van der Waals surface area contributed by atoms with E-state index >= 15 is 0 Å². The average molecular weight is 352 g/mol. The molecule has 3 rings (SSSR count). The minimum absolute atomic E-state index is 0.0480. The molecular weight excluding hydrogens is 336 g/mol. The first-order chi connectivity index (χ1) is 12.6. The van der Waals surface area contributed by atoms with Crippen LogP contribution in [-0.2, 0) is 0 Å². The Bertz CT molecular complexity index is 884. The molecule has 2 aromatic heterocycles. The molecule has 0 amide bonds. The number of hydrogen-bond donors (Lipinski definition) is 3. The largest absolute Gasteiger partial charge is 0.508 e. The monoisotopic (exact) mass is 352 g/mol. The summed E-state index contributed by atoms with van der Waals surface area (Å²) in [5.41, 5.74) is 1.57. The summed E-state index contributed by atoms with van der Waals surface area (Å²) in [7, 11) is 0. The van der Waals surface area contributed by atoms with Gasteiger partial charge in [-0.3, -0.25) is 10.1 Å². The van der Waals surface area contributed by atoms with Crippen molar-refractivity contribution in [1.29, 1.82) is 0 Å². The number of pyridine rings is 1. The third-order valence-corrected chi connectivity index (χ3v) is 3.49. The van der Waals surface area contributed by atoms with Crippen LogP contribution in [0, 0.1) is 10.1 Å². The van der Waals surface area contributed by atoms with Gasteiger partial charge in [0.15, 0.2) is 0 Å². The van der Waals surface area contributed by atoms with Crippen LogP contribution in [0.5, 0.6) is 5.75 Å². The Balaban J connectivity index is 1.52. The van der Waals surface area contributed by atoms with Gasteiger partial charge in [0, 0.05) is 30.9 Å². The highest BCUT2D eigenvalue weighted by Crippen LogP contribution is 2.20. The first-order valence-electron chi connectivity index (χ1n) is 7.82. The molecule has 3 aromatic rings. The van der Waals surface area contributed by atoms with Gasteiger partial charge >= 0.3 is 0 Å². The van der Waals surface area contributed by atoms with Crippen molar-refractivity contribution >= 4 is 17.5 Å². The highest BCUT2D eigenvalue weighted by Gasteiger charge is 2.05. The SMILES string of the molecule is O=[N+]([O-])c1ccc(NCCNc2nccc(-c3ccc(O)cc3)n2)nc1. The lowest BCUT2D eigenvalue weighted by molar-refractivity contribution is -0.385. The molecule has 0 bridgehead atoms. The number of phenols is 1. The molecule has 2 heterocycles. The van der Waals surface area contributed by atoms with Crippen molar-refractivity contribution in [3.8, 4) is 17.0 Å². The summed E-state index contributed by atoms with van der Waals surface area (Å²) >= 11 is 0. The van der Waals surface area contributed by atoms with Crippen LogP contribution in [0.2, 0.25) is 0 Å². The Kier molecular flexibility index (Phi) is 5.18. The third-order valence-electron chi connectivity index (χ3n) is 3.49. The van der Waals surface area contributed by atoms with Gasteiger partial charge in [-0.05, 0) is 36.4 Å². The molecular formula is C17H16N6O3. The Morgan fingerprint density at radius 3 is 2.46 bits per heavy atom. The van der Waals surface area contributed by atoms with E-state index in [1.807, 2.05) is 0 Å². The minimum atomic E-state index is -0.489. The van der Waals surface area contributed by atoms with Crippen LogP contribution in [0.3, 0.4) is 0 Å². The summed E-state index contributed by atoms with van der Waals surface area (Å²) in [6, 6.07) is 11.5. The third kappa shape index (κ3) is 4.41. The van der Waals surface area contributed by atoms with Crippen molar-refractivity contribution in [1.82, 2.24) is 15.0 Å². The van der Waals surface area contributed by atoms with Crippen molar-refractivity contribution in [2.24, 2.45) is 0 Å². The number of nitrogens with zero attached hydrogens (tertiary/aromatic N) is 4. The normalized spacial score (nSPS) is 10.3. The quantitative estimate of drug-likeness (QED) is 0.336. The molecule has 0 atom stereocenters. The number of hydrogen-bond acceptors (Lipinski definition) is 8. The zero-order valence-corrected chi connectivity index (χ0v) is 13.7. The lowest BCUT2D eigenvalue weighted by atomic mass is 10.1. The zero-order chi connectivity index (χ0) is 18.4. The second kappa shape index (κ2) is 7.88. The van der Waals surface area contributed by atoms with E-state index in [0.717, 1.165) is 11.3 Å². The summed E-state index contributed by atoms with van der Waals surface area (Å²) in [6.45, 7) is 1.08. The summed E-state index contributed by atoms with van der Waals surface area (Å²) < 4.78 is 0. The molecule has 0 radical (unpaired) electrons.